The molecule has 0 atom stereocenters. The van der Waals surface area contributed by atoms with E-state index in [0.29, 0.717) is 18.0 Å². The number of thiazole rings is 1. The molecule has 4 rings (SSSR count). The van der Waals surface area contributed by atoms with Crippen LogP contribution in [0.25, 0.3) is 0 Å². The Hall–Kier alpha value is -2.41. The van der Waals surface area contributed by atoms with Crippen molar-refractivity contribution in [1.82, 2.24) is 15.2 Å². The molecule has 2 fully saturated rings. The summed E-state index contributed by atoms with van der Waals surface area (Å²) in [4.78, 5) is 30.7. The van der Waals surface area contributed by atoms with E-state index in [1.165, 1.54) is 0 Å². The van der Waals surface area contributed by atoms with Crippen LogP contribution in [0.5, 0.6) is 5.75 Å². The number of nitrogens with zero attached hydrogens (tertiary/aromatic N) is 2. The van der Waals surface area contributed by atoms with Crippen molar-refractivity contribution in [3.63, 3.8) is 0 Å². The van der Waals surface area contributed by atoms with Crippen LogP contribution >= 0.6 is 11.3 Å². The van der Waals surface area contributed by atoms with Gasteiger partial charge in [-0.1, -0.05) is 0 Å². The van der Waals surface area contributed by atoms with E-state index in [1.54, 1.807) is 23.5 Å². The van der Waals surface area contributed by atoms with Crippen molar-refractivity contribution in [1.29, 1.82) is 0 Å². The standard InChI is InChI=1S/C21H25N3O3S/c1-14-23-17(13-28-14)12-22-20(25)15-4-6-18(7-5-15)27-19-8-10-24(11-9-19)21(26)16-2-3-16/h4-7,13,16,19H,2-3,8-12H2,1H3,(H,22,25). The summed E-state index contributed by atoms with van der Waals surface area (Å²) in [5, 5.41) is 5.83. The summed E-state index contributed by atoms with van der Waals surface area (Å²) in [7, 11) is 0. The molecule has 1 aromatic heterocycles. The number of carbonyl (C=O) groups is 2. The number of benzene rings is 1. The second-order valence-corrected chi connectivity index (χ2v) is 8.54. The number of hydrogen-bond acceptors (Lipinski definition) is 5. The maximum Gasteiger partial charge on any atom is 0.251 e. The molecule has 1 N–H and O–H groups in total. The lowest BCUT2D eigenvalue weighted by Crippen LogP contribution is -2.42. The maximum absolute atomic E-state index is 12.3. The Labute approximate surface area is 168 Å². The SMILES string of the molecule is Cc1nc(CNC(=O)c2ccc(OC3CCN(C(=O)C4CC4)CC3)cc2)cs1. The van der Waals surface area contributed by atoms with Crippen molar-refractivity contribution >= 4 is 23.2 Å². The quantitative estimate of drug-likeness (QED) is 0.810. The van der Waals surface area contributed by atoms with Gasteiger partial charge in [0.05, 0.1) is 17.2 Å². The number of ether oxygens (including phenoxy) is 1. The third-order valence-corrected chi connectivity index (χ3v) is 6.02. The highest BCUT2D eigenvalue weighted by Gasteiger charge is 2.35. The fourth-order valence-corrected chi connectivity index (χ4v) is 4.03. The number of hydrogen-bond donors (Lipinski definition) is 1. The van der Waals surface area contributed by atoms with Crippen molar-refractivity contribution in [3.8, 4) is 5.75 Å². The van der Waals surface area contributed by atoms with Gasteiger partial charge in [-0.2, -0.15) is 0 Å². The molecule has 148 valence electrons. The van der Waals surface area contributed by atoms with Gasteiger partial charge in [-0.3, -0.25) is 9.59 Å². The summed E-state index contributed by atoms with van der Waals surface area (Å²) in [6.07, 6.45) is 3.94. The minimum atomic E-state index is -0.121. The van der Waals surface area contributed by atoms with Crippen LogP contribution in [0.3, 0.4) is 0 Å². The van der Waals surface area contributed by atoms with E-state index in [9.17, 15) is 9.59 Å². The van der Waals surface area contributed by atoms with Gasteiger partial charge in [0.15, 0.2) is 0 Å². The molecule has 1 aliphatic carbocycles. The summed E-state index contributed by atoms with van der Waals surface area (Å²) in [6, 6.07) is 7.23. The minimum Gasteiger partial charge on any atom is -0.490 e. The third-order valence-electron chi connectivity index (χ3n) is 5.20. The summed E-state index contributed by atoms with van der Waals surface area (Å²) < 4.78 is 6.05. The first kappa shape index (κ1) is 18.9. The van der Waals surface area contributed by atoms with E-state index in [4.69, 9.17) is 4.74 Å². The van der Waals surface area contributed by atoms with E-state index >= 15 is 0 Å². The molecule has 1 saturated carbocycles. The zero-order valence-corrected chi connectivity index (χ0v) is 16.8. The lowest BCUT2D eigenvalue weighted by Gasteiger charge is -2.32. The molecule has 2 aliphatic rings. The molecule has 0 bridgehead atoms. The lowest BCUT2D eigenvalue weighted by molar-refractivity contribution is -0.134. The van der Waals surface area contributed by atoms with Gasteiger partial charge in [0.1, 0.15) is 11.9 Å². The van der Waals surface area contributed by atoms with Gasteiger partial charge in [-0.15, -0.1) is 11.3 Å². The zero-order valence-electron chi connectivity index (χ0n) is 16.0. The first-order valence-electron chi connectivity index (χ1n) is 9.83. The number of aryl methyl sites for hydroxylation is 1. The van der Waals surface area contributed by atoms with E-state index in [1.807, 2.05) is 29.3 Å². The van der Waals surface area contributed by atoms with Crippen molar-refractivity contribution in [2.45, 2.75) is 45.3 Å². The Morgan fingerprint density at radius 2 is 1.89 bits per heavy atom. The van der Waals surface area contributed by atoms with E-state index < -0.39 is 0 Å². The van der Waals surface area contributed by atoms with Gasteiger partial charge in [-0.05, 0) is 44.0 Å². The highest BCUT2D eigenvalue weighted by atomic mass is 32.1. The molecule has 2 aromatic rings. The average molecular weight is 400 g/mol. The monoisotopic (exact) mass is 399 g/mol. The van der Waals surface area contributed by atoms with Crippen LogP contribution in [0, 0.1) is 12.8 Å². The molecule has 1 saturated heterocycles. The molecular weight excluding hydrogens is 374 g/mol. The smallest absolute Gasteiger partial charge is 0.251 e. The van der Waals surface area contributed by atoms with Gasteiger partial charge in [0.25, 0.3) is 5.91 Å². The van der Waals surface area contributed by atoms with Gasteiger partial charge in [-0.25, -0.2) is 4.98 Å². The number of piperidine rings is 1. The summed E-state index contributed by atoms with van der Waals surface area (Å²) in [5.74, 6) is 1.25. The molecule has 2 heterocycles. The van der Waals surface area contributed by atoms with Gasteiger partial charge < -0.3 is 15.0 Å². The molecule has 28 heavy (non-hydrogen) atoms. The first-order valence-corrected chi connectivity index (χ1v) is 10.7. The Balaban J connectivity index is 1.24. The van der Waals surface area contributed by atoms with Crippen LogP contribution in [-0.2, 0) is 11.3 Å². The largest absolute Gasteiger partial charge is 0.490 e. The van der Waals surface area contributed by atoms with Crippen LogP contribution in [-0.4, -0.2) is 40.9 Å². The predicted molar refractivity (Wildman–Crippen MR) is 107 cm³/mol. The number of nitrogens with one attached hydrogen (secondary N) is 1. The number of amides is 2. The zero-order chi connectivity index (χ0) is 19.5. The van der Waals surface area contributed by atoms with Crippen LogP contribution in [0.1, 0.15) is 46.7 Å². The molecule has 1 aromatic carbocycles. The van der Waals surface area contributed by atoms with E-state index in [0.717, 1.165) is 55.2 Å². The molecule has 1 aliphatic heterocycles. The van der Waals surface area contributed by atoms with Crippen molar-refractivity contribution in [3.05, 3.63) is 45.9 Å². The second-order valence-electron chi connectivity index (χ2n) is 7.48. The Kier molecular flexibility index (Phi) is 5.62. The van der Waals surface area contributed by atoms with Crippen LogP contribution in [0.4, 0.5) is 0 Å². The molecule has 0 unspecified atom stereocenters. The van der Waals surface area contributed by atoms with Crippen LogP contribution in [0.2, 0.25) is 0 Å². The number of likely N-dealkylation sites (tertiary alicyclic amines) is 1. The van der Waals surface area contributed by atoms with Crippen LogP contribution in [0.15, 0.2) is 29.6 Å². The molecule has 0 radical (unpaired) electrons. The summed E-state index contributed by atoms with van der Waals surface area (Å²) >= 11 is 1.58. The van der Waals surface area contributed by atoms with E-state index in [-0.39, 0.29) is 17.9 Å². The van der Waals surface area contributed by atoms with Crippen LogP contribution < -0.4 is 10.1 Å². The number of aromatic nitrogens is 1. The Morgan fingerprint density at radius 3 is 2.50 bits per heavy atom. The highest BCUT2D eigenvalue weighted by molar-refractivity contribution is 7.09. The first-order chi connectivity index (χ1) is 13.6. The second kappa shape index (κ2) is 8.31. The Morgan fingerprint density at radius 1 is 1.18 bits per heavy atom. The topological polar surface area (TPSA) is 71.5 Å². The molecule has 0 spiro atoms. The molecule has 6 nitrogen and oxygen atoms in total. The fourth-order valence-electron chi connectivity index (χ4n) is 3.42. The predicted octanol–water partition coefficient (Wildman–Crippen LogP) is 3.16. The van der Waals surface area contributed by atoms with Crippen molar-refractivity contribution in [2.75, 3.05) is 13.1 Å². The Bertz CT molecular complexity index is 837. The third kappa shape index (κ3) is 4.70. The maximum atomic E-state index is 12.3. The highest BCUT2D eigenvalue weighted by Crippen LogP contribution is 2.32. The summed E-state index contributed by atoms with van der Waals surface area (Å²) in [5.41, 5.74) is 1.48. The van der Waals surface area contributed by atoms with Crippen molar-refractivity contribution < 1.29 is 14.3 Å². The number of carbonyl (C=O) groups excluding carboxylic acids is 2. The lowest BCUT2D eigenvalue weighted by atomic mass is 10.1. The normalized spacial score (nSPS) is 17.4. The molecular formula is C21H25N3O3S. The average Bonchev–Trinajstić information content (AvgIpc) is 3.48. The molecule has 2 amide bonds. The summed E-state index contributed by atoms with van der Waals surface area (Å²) in [6.45, 7) is 3.93. The minimum absolute atomic E-state index is 0.121. The van der Waals surface area contributed by atoms with Gasteiger partial charge in [0.2, 0.25) is 5.91 Å². The van der Waals surface area contributed by atoms with E-state index in [2.05, 4.69) is 10.3 Å². The van der Waals surface area contributed by atoms with Crippen molar-refractivity contribution in [2.24, 2.45) is 5.92 Å². The number of rotatable bonds is 6. The fraction of sp³-hybridized carbons (Fsp3) is 0.476. The van der Waals surface area contributed by atoms with Gasteiger partial charge in [0, 0.05) is 42.8 Å². The molecule has 7 heteroatoms. The van der Waals surface area contributed by atoms with Gasteiger partial charge >= 0.3 is 0 Å².